The number of anilines is 1. The molecule has 0 atom stereocenters. The number of halogens is 8. The number of hydrogen-bond donors (Lipinski definition) is 2. The van der Waals surface area contributed by atoms with Crippen LogP contribution in [0.25, 0.3) is 0 Å². The summed E-state index contributed by atoms with van der Waals surface area (Å²) < 4.78 is 120. The highest BCUT2D eigenvalue weighted by Gasteiger charge is 2.45. The van der Waals surface area contributed by atoms with Crippen molar-refractivity contribution in [3.05, 3.63) is 57.5 Å². The zero-order valence-electron chi connectivity index (χ0n) is 18.3. The zero-order chi connectivity index (χ0) is 26.3. The minimum atomic E-state index is -5.11. The number of ether oxygens (including phenoxy) is 1. The van der Waals surface area contributed by atoms with Crippen LogP contribution in [0.4, 0.5) is 36.8 Å². The summed E-state index contributed by atoms with van der Waals surface area (Å²) in [5.41, 5.74) is -2.51. The van der Waals surface area contributed by atoms with Crippen LogP contribution in [0.15, 0.2) is 30.2 Å². The monoisotopic (exact) mass is 466 g/mol. The van der Waals surface area contributed by atoms with Gasteiger partial charge >= 0.3 is 18.6 Å². The van der Waals surface area contributed by atoms with Crippen LogP contribution >= 0.6 is 23.2 Å². The van der Waals surface area contributed by atoms with Crippen molar-refractivity contribution in [3.8, 4) is 5.75 Å². The van der Waals surface area contributed by atoms with Crippen LogP contribution in [0.2, 0.25) is 10.0 Å². The number of amides is 3. The Hall–Kier alpha value is -2.66. The van der Waals surface area contributed by atoms with Gasteiger partial charge in [-0.3, -0.25) is 10.1 Å². The number of hydrogen-bond acceptors (Lipinski definition) is 3. The van der Waals surface area contributed by atoms with Crippen LogP contribution in [-0.4, -0.2) is 24.5 Å². The van der Waals surface area contributed by atoms with Crippen molar-refractivity contribution in [2.24, 2.45) is 0 Å². The molecule has 0 spiro atoms. The van der Waals surface area contributed by atoms with Gasteiger partial charge in [-0.25, -0.2) is 13.6 Å². The molecular weight excluding hydrogens is 454 g/mol. The van der Waals surface area contributed by atoms with E-state index >= 15 is 0 Å². The van der Waals surface area contributed by atoms with Crippen molar-refractivity contribution in [2.75, 3.05) is 5.32 Å². The molecule has 0 aromatic heterocycles. The molecule has 2 rings (SSSR count). The summed E-state index contributed by atoms with van der Waals surface area (Å²) in [4.78, 5) is 24.1. The summed E-state index contributed by atoms with van der Waals surface area (Å²) in [5, 5.41) is 0.762. The normalized spacial score (nSPS) is 13.8. The first kappa shape index (κ1) is 16.2. The number of rotatable bonds is 5. The summed E-state index contributed by atoms with van der Waals surface area (Å²) in [6, 6.07) is -7.74. The van der Waals surface area contributed by atoms with Gasteiger partial charge in [0.1, 0.15) is 17.2 Å². The molecule has 0 radical (unpaired) electrons. The van der Waals surface area contributed by atoms with Gasteiger partial charge in [-0.1, -0.05) is 29.2 Å². The highest BCUT2D eigenvalue weighted by atomic mass is 35.5. The lowest BCUT2D eigenvalue weighted by molar-refractivity contribution is -0.253. The summed E-state index contributed by atoms with van der Waals surface area (Å²) in [5.74, 6) is -6.94. The maximum absolute atomic E-state index is 14.1. The van der Waals surface area contributed by atoms with Gasteiger partial charge in [0.2, 0.25) is 0 Å². The van der Waals surface area contributed by atoms with E-state index in [2.05, 4.69) is 4.74 Å². The Bertz CT molecular complexity index is 1150. The average Bonchev–Trinajstić information content (AvgIpc) is 2.75. The van der Waals surface area contributed by atoms with Crippen LogP contribution in [0, 0.1) is 11.6 Å². The molecule has 2 aromatic carbocycles. The topological polar surface area (TPSA) is 67.4 Å². The molecule has 2 N–H and O–H groups in total. The van der Waals surface area contributed by atoms with E-state index in [1.54, 1.807) is 5.32 Å². The van der Waals surface area contributed by atoms with Crippen molar-refractivity contribution in [3.63, 3.8) is 0 Å². The second kappa shape index (κ2) is 8.78. The lowest BCUT2D eigenvalue weighted by atomic mass is 10.2. The smallest absolute Gasteiger partial charge is 0.425 e. The first-order chi connectivity index (χ1) is 15.5. The molecule has 5 nitrogen and oxygen atoms in total. The highest BCUT2D eigenvalue weighted by molar-refractivity contribution is 6.37. The Balaban J connectivity index is 2.37. The van der Waals surface area contributed by atoms with Crippen LogP contribution < -0.4 is 15.4 Å². The molecule has 0 aliphatic carbocycles. The Morgan fingerprint density at radius 1 is 1.10 bits per heavy atom. The van der Waals surface area contributed by atoms with E-state index in [-0.39, 0.29) is 0 Å². The van der Waals surface area contributed by atoms with E-state index in [9.17, 15) is 35.9 Å². The highest BCUT2D eigenvalue weighted by Crippen LogP contribution is 2.40. The Kier molecular flexibility index (Phi) is 4.90. The molecule has 0 saturated carbocycles. The molecule has 156 valence electrons. The van der Waals surface area contributed by atoms with Crippen molar-refractivity contribution in [1.29, 1.82) is 0 Å². The van der Waals surface area contributed by atoms with Gasteiger partial charge < -0.3 is 10.1 Å². The van der Waals surface area contributed by atoms with E-state index in [4.69, 9.17) is 30.1 Å². The van der Waals surface area contributed by atoms with E-state index in [0.717, 1.165) is 0 Å². The molecule has 0 heterocycles. The van der Waals surface area contributed by atoms with Gasteiger partial charge in [0, 0.05) is 5.69 Å². The predicted molar refractivity (Wildman–Crippen MR) is 90.9 cm³/mol. The molecule has 0 aliphatic heterocycles. The molecular formula is C16H8Cl2F6N2O3. The van der Waals surface area contributed by atoms with Gasteiger partial charge in [0.05, 0.1) is 16.9 Å². The fourth-order valence-electron chi connectivity index (χ4n) is 1.67. The summed E-state index contributed by atoms with van der Waals surface area (Å²) in [6.45, 7) is 0. The predicted octanol–water partition coefficient (Wildman–Crippen LogP) is 5.47. The first-order valence-electron chi connectivity index (χ1n) is 9.43. The minimum absolute atomic E-state index is 0.946. The summed E-state index contributed by atoms with van der Waals surface area (Å²) in [6.07, 6.45) is -9.45. The number of urea groups is 1. The number of nitrogens with one attached hydrogen (secondary N) is 2. The lowest BCUT2D eigenvalue weighted by Gasteiger charge is -2.19. The van der Waals surface area contributed by atoms with Crippen LogP contribution in [0.3, 0.4) is 0 Å². The largest absolute Gasteiger partial charge is 0.461 e. The van der Waals surface area contributed by atoms with Crippen LogP contribution in [-0.2, 0) is 0 Å². The molecule has 0 bridgehead atoms. The standard InChI is InChI=1S/C16H8Cl2F6N2O3/c17-7-4-6(5-8(18)12(7)29-16(23,24)14(21)22)25-15(28)26-13(27)11-9(19)2-1-3-10(11)20/h1-5,14H,(H2,25,26,27,28)/i1D,2D,3D,4D,5D,26+1. The van der Waals surface area contributed by atoms with E-state index in [0.29, 0.717) is 0 Å². The molecule has 0 unspecified atom stereocenters. The van der Waals surface area contributed by atoms with Gasteiger partial charge in [-0.2, -0.15) is 17.6 Å². The average molecular weight is 467 g/mol. The fraction of sp³-hybridized carbons (Fsp3) is 0.125. The van der Waals surface area contributed by atoms with Gasteiger partial charge in [0.25, 0.3) is 5.91 Å². The minimum Gasteiger partial charge on any atom is -0.425 e. The van der Waals surface area contributed by atoms with Gasteiger partial charge in [0.15, 0.2) is 5.75 Å². The maximum atomic E-state index is 14.1. The Labute approximate surface area is 175 Å². The Morgan fingerprint density at radius 2 is 1.62 bits per heavy atom. The molecule has 0 fully saturated rings. The molecule has 13 heteroatoms. The number of imide groups is 1. The maximum Gasteiger partial charge on any atom is 0.461 e. The number of benzene rings is 2. The van der Waals surface area contributed by atoms with Crippen LogP contribution in [0.1, 0.15) is 17.2 Å². The van der Waals surface area contributed by atoms with E-state index in [1.165, 1.54) is 5.32 Å². The second-order valence-corrected chi connectivity index (χ2v) is 5.59. The van der Waals surface area contributed by atoms with Crippen molar-refractivity contribution < 1.29 is 47.5 Å². The molecule has 29 heavy (non-hydrogen) atoms. The SMILES string of the molecule is [2H]c1c([2H])c(F)c(C(=O)[15NH]C(=O)Nc2c([2H])c(Cl)c(OC(F)(F)C(F)F)c(Cl)c2[2H])c(F)c1[2H]. The van der Waals surface area contributed by atoms with Gasteiger partial charge in [-0.15, -0.1) is 0 Å². The molecule has 2 aromatic rings. The third kappa shape index (κ3) is 5.45. The third-order valence-electron chi connectivity index (χ3n) is 2.84. The van der Waals surface area contributed by atoms with E-state index < -0.39 is 93.4 Å². The summed E-state index contributed by atoms with van der Waals surface area (Å²) >= 11 is 11.2. The van der Waals surface area contributed by atoms with E-state index in [1.807, 2.05) is 0 Å². The zero-order valence-corrected chi connectivity index (χ0v) is 14.8. The second-order valence-electron chi connectivity index (χ2n) is 4.83. The van der Waals surface area contributed by atoms with Crippen molar-refractivity contribution in [2.45, 2.75) is 12.5 Å². The molecule has 0 aliphatic rings. The quantitative estimate of drug-likeness (QED) is 0.453. The molecule has 0 saturated heterocycles. The van der Waals surface area contributed by atoms with Gasteiger partial charge in [-0.05, 0) is 24.2 Å². The third-order valence-corrected chi connectivity index (χ3v) is 3.37. The van der Waals surface area contributed by atoms with Crippen molar-refractivity contribution in [1.82, 2.24) is 5.32 Å². The fourth-order valence-corrected chi connectivity index (χ4v) is 2.17. The lowest BCUT2D eigenvalue weighted by Crippen LogP contribution is -2.35. The number of alkyl halides is 4. The number of carbonyl (C=O) groups is 2. The summed E-state index contributed by atoms with van der Waals surface area (Å²) in [7, 11) is 0. The van der Waals surface area contributed by atoms with Crippen LogP contribution in [0.5, 0.6) is 5.75 Å². The first-order valence-corrected chi connectivity index (χ1v) is 7.68. The number of carbonyl (C=O) groups excluding carboxylic acids is 2. The molecule has 3 amide bonds. The Morgan fingerprint density at radius 3 is 2.10 bits per heavy atom. The van der Waals surface area contributed by atoms with Crippen molar-refractivity contribution >= 4 is 40.8 Å².